The first-order valence-electron chi connectivity index (χ1n) is 10.9. The molecule has 0 saturated carbocycles. The molecule has 27 heavy (non-hydrogen) atoms. The lowest BCUT2D eigenvalue weighted by molar-refractivity contribution is -0.138. The zero-order valence-corrected chi connectivity index (χ0v) is 17.4. The second-order valence-corrected chi connectivity index (χ2v) is 7.03. The maximum atomic E-state index is 11.4. The van der Waals surface area contributed by atoms with Gasteiger partial charge in [-0.3, -0.25) is 0 Å². The van der Waals surface area contributed by atoms with Crippen molar-refractivity contribution in [2.24, 2.45) is 0 Å². The first-order valence-corrected chi connectivity index (χ1v) is 10.9. The number of carbonyl (C=O) groups excluding carboxylic acids is 2. The third-order valence-corrected chi connectivity index (χ3v) is 4.53. The summed E-state index contributed by atoms with van der Waals surface area (Å²) < 4.78 is 9.61. The number of ether oxygens (including phenoxy) is 2. The fraction of sp³-hybridized carbons (Fsp3) is 0.818. The van der Waals surface area contributed by atoms with E-state index in [9.17, 15) is 9.59 Å². The van der Waals surface area contributed by atoms with Gasteiger partial charge in [0.1, 0.15) is 13.2 Å². The summed E-state index contributed by atoms with van der Waals surface area (Å²) in [6, 6.07) is 0. The van der Waals surface area contributed by atoms with E-state index in [1.165, 1.54) is 77.0 Å². The molecule has 1 N–H and O–H groups in total. The van der Waals surface area contributed by atoms with E-state index in [2.05, 4.69) is 18.8 Å². The Morgan fingerprint density at radius 1 is 0.741 bits per heavy atom. The standard InChI is InChI=1S/C22H41NO4/c1-3-5-6-7-8-9-10-11-12-13-14-15-16-17-18-23-22(25)27-20-19-26-21(24)4-2/h4H,2-3,5-20H2,1H3,(H,23,25). The maximum absolute atomic E-state index is 11.4. The molecular weight excluding hydrogens is 342 g/mol. The van der Waals surface area contributed by atoms with Crippen LogP contribution in [-0.4, -0.2) is 31.8 Å². The van der Waals surface area contributed by atoms with Crippen molar-refractivity contribution < 1.29 is 19.1 Å². The molecular formula is C22H41NO4. The molecule has 5 heteroatoms. The Morgan fingerprint density at radius 3 is 1.67 bits per heavy atom. The Bertz CT molecular complexity index is 371. The Balaban J connectivity index is 3.16. The lowest BCUT2D eigenvalue weighted by Gasteiger charge is -2.07. The summed E-state index contributed by atoms with van der Waals surface area (Å²) in [6.45, 7) is 6.29. The molecule has 0 atom stereocenters. The van der Waals surface area contributed by atoms with Crippen LogP contribution in [0.2, 0.25) is 0 Å². The summed E-state index contributed by atoms with van der Waals surface area (Å²) >= 11 is 0. The zero-order valence-electron chi connectivity index (χ0n) is 17.4. The molecule has 0 bridgehead atoms. The van der Waals surface area contributed by atoms with E-state index in [0.29, 0.717) is 6.54 Å². The fourth-order valence-electron chi connectivity index (χ4n) is 2.90. The number of unbranched alkanes of at least 4 members (excludes halogenated alkanes) is 13. The molecule has 0 unspecified atom stereocenters. The Hall–Kier alpha value is -1.52. The fourth-order valence-corrected chi connectivity index (χ4v) is 2.90. The molecule has 158 valence electrons. The average Bonchev–Trinajstić information content (AvgIpc) is 2.68. The van der Waals surface area contributed by atoms with Crippen molar-refractivity contribution >= 4 is 12.1 Å². The van der Waals surface area contributed by atoms with Crippen LogP contribution in [0.1, 0.15) is 96.8 Å². The molecule has 0 saturated heterocycles. The van der Waals surface area contributed by atoms with Crippen molar-refractivity contribution in [1.29, 1.82) is 0 Å². The van der Waals surface area contributed by atoms with Crippen LogP contribution in [0, 0.1) is 0 Å². The van der Waals surface area contributed by atoms with Gasteiger partial charge < -0.3 is 14.8 Å². The summed E-state index contributed by atoms with van der Waals surface area (Å²) in [5, 5.41) is 2.71. The number of amides is 1. The first kappa shape index (κ1) is 25.5. The van der Waals surface area contributed by atoms with E-state index in [1.807, 2.05) is 0 Å². The van der Waals surface area contributed by atoms with Gasteiger partial charge in [0.05, 0.1) is 0 Å². The van der Waals surface area contributed by atoms with E-state index in [0.717, 1.165) is 18.9 Å². The molecule has 0 aliphatic heterocycles. The van der Waals surface area contributed by atoms with E-state index in [4.69, 9.17) is 9.47 Å². The molecule has 0 aromatic rings. The van der Waals surface area contributed by atoms with E-state index in [1.54, 1.807) is 0 Å². The summed E-state index contributed by atoms with van der Waals surface area (Å²) in [5.41, 5.74) is 0. The predicted molar refractivity (Wildman–Crippen MR) is 111 cm³/mol. The smallest absolute Gasteiger partial charge is 0.407 e. The summed E-state index contributed by atoms with van der Waals surface area (Å²) in [4.78, 5) is 22.2. The van der Waals surface area contributed by atoms with Gasteiger partial charge >= 0.3 is 12.1 Å². The molecule has 0 heterocycles. The van der Waals surface area contributed by atoms with Gasteiger partial charge in [-0.15, -0.1) is 0 Å². The molecule has 0 spiro atoms. The SMILES string of the molecule is C=CC(=O)OCCOC(=O)NCCCCCCCCCCCCCCCC. The van der Waals surface area contributed by atoms with E-state index in [-0.39, 0.29) is 13.2 Å². The minimum atomic E-state index is -0.513. The highest BCUT2D eigenvalue weighted by atomic mass is 16.6. The molecule has 0 rings (SSSR count). The number of hydrogen-bond acceptors (Lipinski definition) is 4. The van der Waals surface area contributed by atoms with Gasteiger partial charge in [-0.25, -0.2) is 9.59 Å². The Labute approximate surface area is 166 Å². The highest BCUT2D eigenvalue weighted by Crippen LogP contribution is 2.12. The number of carbonyl (C=O) groups is 2. The van der Waals surface area contributed by atoms with Gasteiger partial charge in [-0.05, 0) is 6.42 Å². The molecule has 0 fully saturated rings. The van der Waals surface area contributed by atoms with Crippen LogP contribution in [0.3, 0.4) is 0 Å². The van der Waals surface area contributed by atoms with Gasteiger partial charge in [-0.1, -0.05) is 97.0 Å². The van der Waals surface area contributed by atoms with Gasteiger partial charge in [0.2, 0.25) is 0 Å². The van der Waals surface area contributed by atoms with E-state index < -0.39 is 12.1 Å². The normalized spacial score (nSPS) is 10.4. The van der Waals surface area contributed by atoms with Crippen molar-refractivity contribution in [2.75, 3.05) is 19.8 Å². The monoisotopic (exact) mass is 383 g/mol. The first-order chi connectivity index (χ1) is 13.2. The lowest BCUT2D eigenvalue weighted by Crippen LogP contribution is -2.26. The largest absolute Gasteiger partial charge is 0.459 e. The highest BCUT2D eigenvalue weighted by Gasteiger charge is 2.02. The number of alkyl carbamates (subject to hydrolysis) is 1. The minimum Gasteiger partial charge on any atom is -0.459 e. The van der Waals surface area contributed by atoms with Crippen molar-refractivity contribution in [3.63, 3.8) is 0 Å². The second-order valence-electron chi connectivity index (χ2n) is 7.03. The molecule has 5 nitrogen and oxygen atoms in total. The number of rotatable bonds is 19. The molecule has 0 aromatic heterocycles. The van der Waals surface area contributed by atoms with Crippen LogP contribution in [0.5, 0.6) is 0 Å². The molecule has 0 aliphatic rings. The van der Waals surface area contributed by atoms with E-state index >= 15 is 0 Å². The number of esters is 1. The summed E-state index contributed by atoms with van der Waals surface area (Å²) in [5.74, 6) is -0.513. The quantitative estimate of drug-likeness (QED) is 0.171. The van der Waals surface area contributed by atoms with Crippen molar-refractivity contribution in [2.45, 2.75) is 96.8 Å². The molecule has 0 aliphatic carbocycles. The number of nitrogens with one attached hydrogen (secondary N) is 1. The Morgan fingerprint density at radius 2 is 1.19 bits per heavy atom. The second kappa shape index (κ2) is 20.8. The van der Waals surface area contributed by atoms with Crippen LogP contribution in [0.4, 0.5) is 4.79 Å². The maximum Gasteiger partial charge on any atom is 0.407 e. The number of hydrogen-bond donors (Lipinski definition) is 1. The van der Waals surface area contributed by atoms with Crippen LogP contribution in [-0.2, 0) is 14.3 Å². The molecule has 0 aromatic carbocycles. The highest BCUT2D eigenvalue weighted by molar-refractivity contribution is 5.81. The van der Waals surface area contributed by atoms with Crippen molar-refractivity contribution in [3.8, 4) is 0 Å². The predicted octanol–water partition coefficient (Wildman–Crippen LogP) is 5.92. The molecule has 1 amide bonds. The van der Waals surface area contributed by atoms with Crippen LogP contribution in [0.25, 0.3) is 0 Å². The van der Waals surface area contributed by atoms with Crippen molar-refractivity contribution in [1.82, 2.24) is 5.32 Å². The topological polar surface area (TPSA) is 64.6 Å². The Kier molecular flexibility index (Phi) is 19.6. The van der Waals surface area contributed by atoms with Crippen molar-refractivity contribution in [3.05, 3.63) is 12.7 Å². The zero-order chi connectivity index (χ0) is 20.0. The third-order valence-electron chi connectivity index (χ3n) is 4.53. The lowest BCUT2D eigenvalue weighted by atomic mass is 10.0. The van der Waals surface area contributed by atoms with Gasteiger partial charge in [0, 0.05) is 12.6 Å². The summed E-state index contributed by atoms with van der Waals surface area (Å²) in [7, 11) is 0. The van der Waals surface area contributed by atoms with Gasteiger partial charge in [-0.2, -0.15) is 0 Å². The summed E-state index contributed by atoms with van der Waals surface area (Å²) in [6.07, 6.45) is 19.1. The van der Waals surface area contributed by atoms with Crippen LogP contribution in [0.15, 0.2) is 12.7 Å². The third kappa shape index (κ3) is 20.6. The van der Waals surface area contributed by atoms with Gasteiger partial charge in [0.25, 0.3) is 0 Å². The minimum absolute atomic E-state index is 0.0527. The molecule has 0 radical (unpaired) electrons. The van der Waals surface area contributed by atoms with Crippen LogP contribution < -0.4 is 5.32 Å². The average molecular weight is 384 g/mol. The van der Waals surface area contributed by atoms with Gasteiger partial charge in [0.15, 0.2) is 0 Å². The van der Waals surface area contributed by atoms with Crippen LogP contribution >= 0.6 is 0 Å².